The number of nitrogens with one attached hydrogen (secondary N) is 1. The zero-order chi connectivity index (χ0) is 12.3. The molecule has 2 rings (SSSR count). The van der Waals surface area contributed by atoms with E-state index in [0.29, 0.717) is 22.5 Å². The highest BCUT2D eigenvalue weighted by atomic mass is 35.5. The highest BCUT2D eigenvalue weighted by Crippen LogP contribution is 2.27. The number of anilines is 1. The van der Waals surface area contributed by atoms with E-state index >= 15 is 0 Å². The molecule has 0 unspecified atom stereocenters. The van der Waals surface area contributed by atoms with Gasteiger partial charge in [-0.1, -0.05) is 29.0 Å². The Hall–Kier alpha value is -1.30. The lowest BCUT2D eigenvalue weighted by Gasteiger charge is -2.06. The molecule has 3 N–H and O–H groups in total. The highest BCUT2D eigenvalue weighted by Gasteiger charge is 2.04. The summed E-state index contributed by atoms with van der Waals surface area (Å²) in [5.74, 6) is 5.92. The fraction of sp³-hybridized carbons (Fsp3) is 0.182. The van der Waals surface area contributed by atoms with Crippen molar-refractivity contribution in [2.75, 3.05) is 5.43 Å². The summed E-state index contributed by atoms with van der Waals surface area (Å²) in [5, 5.41) is 1.28. The van der Waals surface area contributed by atoms with Gasteiger partial charge in [0.05, 0.1) is 9.90 Å². The number of hydrogen-bond donors (Lipinski definition) is 2. The van der Waals surface area contributed by atoms with Crippen molar-refractivity contribution in [2.24, 2.45) is 5.84 Å². The number of thiazole rings is 1. The standard InChI is InChI=1S/C11H12ClN3OS/c1-7-2-3-10(9(12)4-7)16-6-8-5-14-11(15-13)17-8/h2-5H,6,13H2,1H3,(H,14,15). The molecule has 1 heterocycles. The number of ether oxygens (including phenoxy) is 1. The number of benzene rings is 1. The van der Waals surface area contributed by atoms with Crippen molar-refractivity contribution in [2.45, 2.75) is 13.5 Å². The van der Waals surface area contributed by atoms with Crippen LogP contribution in [0.4, 0.5) is 5.13 Å². The largest absolute Gasteiger partial charge is 0.486 e. The van der Waals surface area contributed by atoms with E-state index < -0.39 is 0 Å². The molecule has 0 amide bonds. The molecule has 0 radical (unpaired) electrons. The van der Waals surface area contributed by atoms with Crippen molar-refractivity contribution in [1.29, 1.82) is 0 Å². The van der Waals surface area contributed by atoms with Crippen LogP contribution in [0.5, 0.6) is 5.75 Å². The van der Waals surface area contributed by atoms with Gasteiger partial charge in [0.2, 0.25) is 0 Å². The highest BCUT2D eigenvalue weighted by molar-refractivity contribution is 7.15. The third-order valence-corrected chi connectivity index (χ3v) is 3.33. The van der Waals surface area contributed by atoms with Crippen LogP contribution in [-0.2, 0) is 6.61 Å². The maximum absolute atomic E-state index is 6.06. The van der Waals surface area contributed by atoms with E-state index in [1.807, 2.05) is 25.1 Å². The molecule has 90 valence electrons. The molecule has 0 saturated carbocycles. The fourth-order valence-corrected chi connectivity index (χ4v) is 2.24. The van der Waals surface area contributed by atoms with Gasteiger partial charge in [0.1, 0.15) is 12.4 Å². The van der Waals surface area contributed by atoms with Crippen LogP contribution in [0.15, 0.2) is 24.4 Å². The Kier molecular flexibility index (Phi) is 3.83. The van der Waals surface area contributed by atoms with Crippen molar-refractivity contribution >= 4 is 28.1 Å². The number of aromatic nitrogens is 1. The fourth-order valence-electron chi connectivity index (χ4n) is 1.31. The molecular weight excluding hydrogens is 258 g/mol. The number of aryl methyl sites for hydroxylation is 1. The molecule has 0 aliphatic carbocycles. The van der Waals surface area contributed by atoms with Crippen molar-refractivity contribution in [3.8, 4) is 5.75 Å². The smallest absolute Gasteiger partial charge is 0.197 e. The molecule has 6 heteroatoms. The van der Waals surface area contributed by atoms with Gasteiger partial charge in [0, 0.05) is 6.20 Å². The molecule has 0 fully saturated rings. The van der Waals surface area contributed by atoms with Crippen molar-refractivity contribution in [3.05, 3.63) is 39.9 Å². The predicted molar refractivity (Wildman–Crippen MR) is 70.4 cm³/mol. The molecule has 0 aliphatic heterocycles. The number of rotatable bonds is 4. The molecule has 17 heavy (non-hydrogen) atoms. The number of nitrogens with two attached hydrogens (primary N) is 1. The molecule has 1 aromatic heterocycles. The Bertz CT molecular complexity index is 515. The molecular formula is C11H12ClN3OS. The Morgan fingerprint density at radius 1 is 1.53 bits per heavy atom. The predicted octanol–water partition coefficient (Wildman–Crippen LogP) is 2.97. The summed E-state index contributed by atoms with van der Waals surface area (Å²) in [6.45, 7) is 2.42. The Balaban J connectivity index is 2.02. The molecule has 0 spiro atoms. The van der Waals surface area contributed by atoms with Gasteiger partial charge in [-0.2, -0.15) is 0 Å². The number of nitrogen functional groups attached to an aromatic ring is 1. The summed E-state index contributed by atoms with van der Waals surface area (Å²) in [5.41, 5.74) is 3.60. The first-order valence-corrected chi connectivity index (χ1v) is 6.19. The van der Waals surface area contributed by atoms with Gasteiger partial charge in [-0.05, 0) is 24.6 Å². The third-order valence-electron chi connectivity index (χ3n) is 2.13. The molecule has 0 saturated heterocycles. The van der Waals surface area contributed by atoms with E-state index in [1.165, 1.54) is 11.3 Å². The van der Waals surface area contributed by atoms with Crippen LogP contribution in [-0.4, -0.2) is 4.98 Å². The summed E-state index contributed by atoms with van der Waals surface area (Å²) in [6, 6.07) is 5.69. The zero-order valence-electron chi connectivity index (χ0n) is 9.24. The quantitative estimate of drug-likeness (QED) is 0.662. The second kappa shape index (κ2) is 5.35. The summed E-state index contributed by atoms with van der Waals surface area (Å²) < 4.78 is 5.61. The van der Waals surface area contributed by atoms with Crippen LogP contribution >= 0.6 is 22.9 Å². The topological polar surface area (TPSA) is 60.2 Å². The lowest BCUT2D eigenvalue weighted by Crippen LogP contribution is -2.05. The SMILES string of the molecule is Cc1ccc(OCc2cnc(NN)s2)c(Cl)c1. The van der Waals surface area contributed by atoms with Gasteiger partial charge < -0.3 is 4.74 Å². The Labute approximate surface area is 108 Å². The summed E-state index contributed by atoms with van der Waals surface area (Å²) in [7, 11) is 0. The van der Waals surface area contributed by atoms with Crippen LogP contribution in [0.3, 0.4) is 0 Å². The number of hydrogen-bond acceptors (Lipinski definition) is 5. The van der Waals surface area contributed by atoms with Crippen molar-refractivity contribution in [1.82, 2.24) is 4.98 Å². The van der Waals surface area contributed by atoms with Crippen molar-refractivity contribution in [3.63, 3.8) is 0 Å². The van der Waals surface area contributed by atoms with E-state index in [-0.39, 0.29) is 0 Å². The van der Waals surface area contributed by atoms with Gasteiger partial charge in [-0.15, -0.1) is 0 Å². The lowest BCUT2D eigenvalue weighted by molar-refractivity contribution is 0.309. The maximum Gasteiger partial charge on any atom is 0.197 e. The van der Waals surface area contributed by atoms with Gasteiger partial charge in [0.25, 0.3) is 0 Å². The zero-order valence-corrected chi connectivity index (χ0v) is 10.8. The molecule has 4 nitrogen and oxygen atoms in total. The lowest BCUT2D eigenvalue weighted by atomic mass is 10.2. The van der Waals surface area contributed by atoms with Crippen LogP contribution < -0.4 is 16.0 Å². The summed E-state index contributed by atoms with van der Waals surface area (Å²) >= 11 is 7.50. The number of halogens is 1. The number of hydrazine groups is 1. The van der Waals surface area contributed by atoms with Gasteiger partial charge in [-0.25, -0.2) is 10.8 Å². The monoisotopic (exact) mass is 269 g/mol. The van der Waals surface area contributed by atoms with E-state index in [0.717, 1.165) is 10.4 Å². The molecule has 1 aromatic carbocycles. The minimum absolute atomic E-state index is 0.433. The van der Waals surface area contributed by atoms with Gasteiger partial charge in [-0.3, -0.25) is 5.43 Å². The summed E-state index contributed by atoms with van der Waals surface area (Å²) in [6.07, 6.45) is 1.72. The molecule has 2 aromatic rings. The molecule has 0 atom stereocenters. The first-order valence-electron chi connectivity index (χ1n) is 4.99. The molecule has 0 aliphatic rings. The first-order chi connectivity index (χ1) is 8.19. The van der Waals surface area contributed by atoms with Crippen LogP contribution in [0.2, 0.25) is 5.02 Å². The number of nitrogens with zero attached hydrogens (tertiary/aromatic N) is 1. The van der Waals surface area contributed by atoms with Crippen LogP contribution in [0.1, 0.15) is 10.4 Å². The Morgan fingerprint density at radius 3 is 3.00 bits per heavy atom. The first kappa shape index (κ1) is 12.2. The van der Waals surface area contributed by atoms with E-state index in [2.05, 4.69) is 10.4 Å². The second-order valence-corrected chi connectivity index (χ2v) is 5.02. The molecule has 0 bridgehead atoms. The van der Waals surface area contributed by atoms with Crippen molar-refractivity contribution < 1.29 is 4.74 Å². The normalized spacial score (nSPS) is 10.3. The van der Waals surface area contributed by atoms with Gasteiger partial charge >= 0.3 is 0 Å². The van der Waals surface area contributed by atoms with Crippen LogP contribution in [0.25, 0.3) is 0 Å². The van der Waals surface area contributed by atoms with Gasteiger partial charge in [0.15, 0.2) is 5.13 Å². The van der Waals surface area contributed by atoms with Crippen LogP contribution in [0, 0.1) is 6.92 Å². The third kappa shape index (κ3) is 3.09. The maximum atomic E-state index is 6.06. The minimum atomic E-state index is 0.433. The van der Waals surface area contributed by atoms with E-state index in [4.69, 9.17) is 22.2 Å². The summed E-state index contributed by atoms with van der Waals surface area (Å²) in [4.78, 5) is 5.03. The average molecular weight is 270 g/mol. The second-order valence-electron chi connectivity index (χ2n) is 3.50. The average Bonchev–Trinajstić information content (AvgIpc) is 2.76. The Morgan fingerprint density at radius 2 is 2.35 bits per heavy atom. The minimum Gasteiger partial charge on any atom is -0.486 e. The van der Waals surface area contributed by atoms with E-state index in [9.17, 15) is 0 Å². The van der Waals surface area contributed by atoms with E-state index in [1.54, 1.807) is 6.20 Å².